The van der Waals surface area contributed by atoms with Crippen molar-refractivity contribution in [3.8, 4) is 0 Å². The van der Waals surface area contributed by atoms with Gasteiger partial charge in [0, 0.05) is 5.92 Å². The maximum absolute atomic E-state index is 10.9. The van der Waals surface area contributed by atoms with Crippen LogP contribution in [0.1, 0.15) is 23.5 Å². The molecule has 14 heavy (non-hydrogen) atoms. The van der Waals surface area contributed by atoms with Gasteiger partial charge in [0.25, 0.3) is 0 Å². The number of carbonyl (C=O) groups is 1. The quantitative estimate of drug-likeness (QED) is 0.526. The summed E-state index contributed by atoms with van der Waals surface area (Å²) in [7, 11) is 1.63. The first-order valence-corrected chi connectivity index (χ1v) is 4.63. The summed E-state index contributed by atoms with van der Waals surface area (Å²) in [5.74, 6) is 0.00704. The van der Waals surface area contributed by atoms with Gasteiger partial charge in [-0.25, -0.2) is 0 Å². The summed E-state index contributed by atoms with van der Waals surface area (Å²) in [6.45, 7) is 0. The Kier molecular flexibility index (Phi) is 2.35. The van der Waals surface area contributed by atoms with Gasteiger partial charge in [-0.3, -0.25) is 0 Å². The van der Waals surface area contributed by atoms with Crippen molar-refractivity contribution in [2.24, 2.45) is 0 Å². The molecule has 0 spiro atoms. The molecule has 1 aromatic carbocycles. The molecule has 0 amide bonds. The van der Waals surface area contributed by atoms with E-state index in [4.69, 9.17) is 4.74 Å². The lowest BCUT2D eigenvalue weighted by molar-refractivity contribution is -0.108. The van der Waals surface area contributed by atoms with Gasteiger partial charge in [0.05, 0.1) is 13.4 Å². The Morgan fingerprint density at radius 1 is 1.43 bits per heavy atom. The fourth-order valence-corrected chi connectivity index (χ4v) is 1.94. The lowest BCUT2D eigenvalue weighted by atomic mass is 10.0. The minimum absolute atomic E-state index is 0.00704. The molecule has 0 saturated carbocycles. The Morgan fingerprint density at radius 3 is 2.93 bits per heavy atom. The molecular weight excluding hydrogens is 176 g/mol. The van der Waals surface area contributed by atoms with Crippen molar-refractivity contribution < 1.29 is 9.53 Å². The SMILES string of the molecule is CO/C=C1\CC(C=O)c2ccccc21. The standard InChI is InChI=1S/C12H12O2/c1-14-8-10-6-9(7-13)11-4-2-3-5-12(10)11/h2-5,7-9H,6H2,1H3/b10-8+. The second-order valence-corrected chi connectivity index (χ2v) is 3.41. The van der Waals surface area contributed by atoms with Crippen LogP contribution in [0.4, 0.5) is 0 Å². The Labute approximate surface area is 83.2 Å². The van der Waals surface area contributed by atoms with E-state index in [2.05, 4.69) is 0 Å². The molecule has 0 radical (unpaired) electrons. The van der Waals surface area contributed by atoms with Crippen LogP contribution in [0.5, 0.6) is 0 Å². The normalized spacial score (nSPS) is 22.1. The van der Waals surface area contributed by atoms with Crippen LogP contribution in [-0.2, 0) is 9.53 Å². The second kappa shape index (κ2) is 3.66. The molecule has 0 aliphatic heterocycles. The van der Waals surface area contributed by atoms with Crippen LogP contribution < -0.4 is 0 Å². The predicted octanol–water partition coefficient (Wildman–Crippen LogP) is 2.36. The molecule has 0 heterocycles. The first-order valence-electron chi connectivity index (χ1n) is 4.63. The third-order valence-electron chi connectivity index (χ3n) is 2.57. The Hall–Kier alpha value is -1.57. The highest BCUT2D eigenvalue weighted by Gasteiger charge is 2.25. The molecule has 2 rings (SSSR count). The van der Waals surface area contributed by atoms with Gasteiger partial charge in [-0.1, -0.05) is 24.3 Å². The number of methoxy groups -OCH3 is 1. The molecule has 0 saturated heterocycles. The summed E-state index contributed by atoms with van der Waals surface area (Å²) in [5.41, 5.74) is 3.37. The van der Waals surface area contributed by atoms with Crippen LogP contribution in [-0.4, -0.2) is 13.4 Å². The zero-order valence-corrected chi connectivity index (χ0v) is 8.07. The van der Waals surface area contributed by atoms with Gasteiger partial charge >= 0.3 is 0 Å². The molecule has 1 unspecified atom stereocenters. The molecular formula is C12H12O2. The van der Waals surface area contributed by atoms with Gasteiger partial charge in [0.2, 0.25) is 0 Å². The third kappa shape index (κ3) is 1.33. The zero-order chi connectivity index (χ0) is 9.97. The largest absolute Gasteiger partial charge is 0.504 e. The van der Waals surface area contributed by atoms with Crippen molar-refractivity contribution >= 4 is 11.9 Å². The summed E-state index contributed by atoms with van der Waals surface area (Å²) in [4.78, 5) is 10.9. The summed E-state index contributed by atoms with van der Waals surface area (Å²) in [5, 5.41) is 0. The smallest absolute Gasteiger partial charge is 0.127 e. The van der Waals surface area contributed by atoms with E-state index in [1.54, 1.807) is 13.4 Å². The molecule has 1 atom stereocenters. The van der Waals surface area contributed by atoms with Crippen LogP contribution >= 0.6 is 0 Å². The second-order valence-electron chi connectivity index (χ2n) is 3.41. The number of carbonyl (C=O) groups excluding carboxylic acids is 1. The van der Waals surface area contributed by atoms with Crippen molar-refractivity contribution in [1.82, 2.24) is 0 Å². The number of hydrogen-bond donors (Lipinski definition) is 0. The van der Waals surface area contributed by atoms with Gasteiger partial charge < -0.3 is 9.53 Å². The van der Waals surface area contributed by atoms with E-state index in [1.807, 2.05) is 24.3 Å². The highest BCUT2D eigenvalue weighted by Crippen LogP contribution is 2.39. The van der Waals surface area contributed by atoms with Crippen molar-refractivity contribution in [3.05, 3.63) is 41.7 Å². The maximum atomic E-state index is 10.9. The average Bonchev–Trinajstić information content (AvgIpc) is 2.58. The summed E-state index contributed by atoms with van der Waals surface area (Å²) in [6, 6.07) is 7.98. The average molecular weight is 188 g/mol. The first-order chi connectivity index (χ1) is 6.86. The number of hydrogen-bond acceptors (Lipinski definition) is 2. The zero-order valence-electron chi connectivity index (χ0n) is 8.07. The minimum Gasteiger partial charge on any atom is -0.504 e. The molecule has 0 bridgehead atoms. The monoisotopic (exact) mass is 188 g/mol. The van der Waals surface area contributed by atoms with Gasteiger partial charge in [-0.05, 0) is 23.1 Å². The summed E-state index contributed by atoms with van der Waals surface area (Å²) >= 11 is 0. The summed E-state index contributed by atoms with van der Waals surface area (Å²) < 4.78 is 5.00. The van der Waals surface area contributed by atoms with E-state index < -0.39 is 0 Å². The minimum atomic E-state index is 0.00704. The number of aldehydes is 1. The van der Waals surface area contributed by atoms with Crippen molar-refractivity contribution in [2.75, 3.05) is 7.11 Å². The topological polar surface area (TPSA) is 26.3 Å². The molecule has 2 nitrogen and oxygen atoms in total. The van der Waals surface area contributed by atoms with Crippen molar-refractivity contribution in [3.63, 3.8) is 0 Å². The van der Waals surface area contributed by atoms with E-state index in [0.717, 1.165) is 29.4 Å². The van der Waals surface area contributed by atoms with E-state index in [-0.39, 0.29) is 5.92 Å². The number of ether oxygens (including phenoxy) is 1. The van der Waals surface area contributed by atoms with Crippen LogP contribution in [0, 0.1) is 0 Å². The van der Waals surface area contributed by atoms with E-state index in [9.17, 15) is 4.79 Å². The molecule has 1 aromatic rings. The number of allylic oxidation sites excluding steroid dienone is 1. The molecule has 1 aliphatic rings. The Balaban J connectivity index is 2.48. The lowest BCUT2D eigenvalue weighted by Gasteiger charge is -2.00. The van der Waals surface area contributed by atoms with E-state index in [0.29, 0.717) is 0 Å². The van der Waals surface area contributed by atoms with Crippen LogP contribution in [0.25, 0.3) is 5.57 Å². The fraction of sp³-hybridized carbons (Fsp3) is 0.250. The highest BCUT2D eigenvalue weighted by molar-refractivity contribution is 5.81. The fourth-order valence-electron chi connectivity index (χ4n) is 1.94. The maximum Gasteiger partial charge on any atom is 0.127 e. The van der Waals surface area contributed by atoms with E-state index >= 15 is 0 Å². The molecule has 2 heteroatoms. The van der Waals surface area contributed by atoms with Gasteiger partial charge in [0.15, 0.2) is 0 Å². The Bertz CT molecular complexity index is 380. The number of fused-ring (bicyclic) bond motifs is 1. The van der Waals surface area contributed by atoms with Crippen molar-refractivity contribution in [1.29, 1.82) is 0 Å². The van der Waals surface area contributed by atoms with Crippen LogP contribution in [0.3, 0.4) is 0 Å². The molecule has 0 aromatic heterocycles. The van der Waals surface area contributed by atoms with Crippen LogP contribution in [0.2, 0.25) is 0 Å². The molecule has 1 aliphatic carbocycles. The molecule has 0 N–H and O–H groups in total. The Morgan fingerprint density at radius 2 is 2.21 bits per heavy atom. The van der Waals surface area contributed by atoms with E-state index in [1.165, 1.54) is 0 Å². The van der Waals surface area contributed by atoms with Crippen molar-refractivity contribution in [2.45, 2.75) is 12.3 Å². The lowest BCUT2D eigenvalue weighted by Crippen LogP contribution is -1.92. The molecule has 0 fully saturated rings. The van der Waals surface area contributed by atoms with Crippen LogP contribution in [0.15, 0.2) is 30.5 Å². The summed E-state index contributed by atoms with van der Waals surface area (Å²) in [6.07, 6.45) is 3.49. The third-order valence-corrected chi connectivity index (χ3v) is 2.57. The first kappa shape index (κ1) is 9.00. The number of rotatable bonds is 2. The van der Waals surface area contributed by atoms with Gasteiger partial charge in [-0.2, -0.15) is 0 Å². The number of benzene rings is 1. The highest BCUT2D eigenvalue weighted by atomic mass is 16.5. The predicted molar refractivity (Wildman–Crippen MR) is 54.9 cm³/mol. The molecule has 72 valence electrons. The van der Waals surface area contributed by atoms with Gasteiger partial charge in [0.1, 0.15) is 6.29 Å². The van der Waals surface area contributed by atoms with Gasteiger partial charge in [-0.15, -0.1) is 0 Å².